The van der Waals surface area contributed by atoms with Crippen LogP contribution in [0.15, 0.2) is 77.8 Å². The monoisotopic (exact) mass is 477 g/mol. The molecule has 0 unspecified atom stereocenters. The summed E-state index contributed by atoms with van der Waals surface area (Å²) in [5.41, 5.74) is 4.89. The van der Waals surface area contributed by atoms with Crippen molar-refractivity contribution in [3.05, 3.63) is 95.1 Å². The fraction of sp³-hybridized carbons (Fsp3) is 0.207. The summed E-state index contributed by atoms with van der Waals surface area (Å²) in [7, 11) is 2.07. The maximum atomic E-state index is 12.7. The van der Waals surface area contributed by atoms with Gasteiger partial charge in [-0.2, -0.15) is 5.26 Å². The SMILES string of the molecule is CN1CCN(C(=O)Cc2ccc(N=C(c3ccccc3)c3c(O)[nH]c4cc(C#N)ccc34)cc2)CC1. The van der Waals surface area contributed by atoms with Gasteiger partial charge in [-0.25, -0.2) is 4.99 Å². The Morgan fingerprint density at radius 1 is 1.03 bits per heavy atom. The number of aliphatic imine (C=N–C) groups is 1. The van der Waals surface area contributed by atoms with Crippen molar-refractivity contribution in [3.8, 4) is 11.9 Å². The molecule has 0 radical (unpaired) electrons. The Hall–Kier alpha value is -4.41. The van der Waals surface area contributed by atoms with Crippen molar-refractivity contribution < 1.29 is 9.90 Å². The predicted molar refractivity (Wildman–Crippen MR) is 141 cm³/mol. The first kappa shape index (κ1) is 23.3. The minimum Gasteiger partial charge on any atom is -0.494 e. The van der Waals surface area contributed by atoms with Gasteiger partial charge < -0.3 is 19.9 Å². The van der Waals surface area contributed by atoms with Crippen LogP contribution in [-0.2, 0) is 11.2 Å². The summed E-state index contributed by atoms with van der Waals surface area (Å²) >= 11 is 0. The number of aromatic amines is 1. The molecule has 0 bridgehead atoms. The van der Waals surface area contributed by atoms with Crippen LogP contribution >= 0.6 is 0 Å². The van der Waals surface area contributed by atoms with E-state index in [0.29, 0.717) is 34.5 Å². The highest BCUT2D eigenvalue weighted by atomic mass is 16.3. The Morgan fingerprint density at radius 3 is 2.44 bits per heavy atom. The van der Waals surface area contributed by atoms with E-state index in [1.807, 2.05) is 65.6 Å². The number of nitriles is 1. The Labute approximate surface area is 209 Å². The van der Waals surface area contributed by atoms with Crippen molar-refractivity contribution in [2.45, 2.75) is 6.42 Å². The number of fused-ring (bicyclic) bond motifs is 1. The summed E-state index contributed by atoms with van der Waals surface area (Å²) in [4.78, 5) is 24.8. The van der Waals surface area contributed by atoms with Gasteiger partial charge in [-0.15, -0.1) is 0 Å². The number of likely N-dealkylation sites (N-methyl/N-ethyl adjacent to an activating group) is 1. The summed E-state index contributed by atoms with van der Waals surface area (Å²) in [6.45, 7) is 3.34. The molecule has 36 heavy (non-hydrogen) atoms. The Bertz CT molecular complexity index is 1460. The molecular formula is C29H27N5O2. The molecule has 1 amide bonds. The average Bonchev–Trinajstić information content (AvgIpc) is 3.23. The number of nitrogens with one attached hydrogen (secondary N) is 1. The maximum absolute atomic E-state index is 12.7. The number of amides is 1. The van der Waals surface area contributed by atoms with Crippen molar-refractivity contribution in [1.82, 2.24) is 14.8 Å². The van der Waals surface area contributed by atoms with Crippen LogP contribution in [-0.4, -0.2) is 64.7 Å². The Morgan fingerprint density at radius 2 is 1.75 bits per heavy atom. The molecule has 2 N–H and O–H groups in total. The molecule has 1 fully saturated rings. The van der Waals surface area contributed by atoms with Crippen LogP contribution in [0.1, 0.15) is 22.3 Å². The number of hydrogen-bond acceptors (Lipinski definition) is 5. The number of hydrogen-bond donors (Lipinski definition) is 2. The second kappa shape index (κ2) is 10.1. The maximum Gasteiger partial charge on any atom is 0.227 e. The van der Waals surface area contributed by atoms with Crippen molar-refractivity contribution in [2.75, 3.05) is 33.2 Å². The van der Waals surface area contributed by atoms with Gasteiger partial charge in [0.15, 0.2) is 5.88 Å². The molecule has 3 aromatic carbocycles. The number of nitrogens with zero attached hydrogens (tertiary/aromatic N) is 4. The second-order valence-corrected chi connectivity index (χ2v) is 9.07. The predicted octanol–water partition coefficient (Wildman–Crippen LogP) is 4.23. The molecule has 4 aromatic rings. The normalized spacial score (nSPS) is 14.7. The van der Waals surface area contributed by atoms with Crippen molar-refractivity contribution in [1.29, 1.82) is 5.26 Å². The van der Waals surface area contributed by atoms with Gasteiger partial charge in [-0.1, -0.05) is 48.5 Å². The lowest BCUT2D eigenvalue weighted by Crippen LogP contribution is -2.47. The van der Waals surface area contributed by atoms with Gasteiger partial charge in [-0.05, 0) is 36.9 Å². The van der Waals surface area contributed by atoms with Crippen molar-refractivity contribution in [3.63, 3.8) is 0 Å². The van der Waals surface area contributed by atoms with Crippen LogP contribution in [0.5, 0.6) is 5.88 Å². The molecule has 2 heterocycles. The molecule has 1 aliphatic rings. The van der Waals surface area contributed by atoms with Crippen LogP contribution in [0.25, 0.3) is 10.9 Å². The van der Waals surface area contributed by atoms with E-state index in [1.165, 1.54) is 0 Å². The highest BCUT2D eigenvalue weighted by Crippen LogP contribution is 2.32. The molecule has 1 saturated heterocycles. The number of H-pyrrole nitrogens is 1. The molecule has 0 saturated carbocycles. The number of aromatic hydroxyl groups is 1. The van der Waals surface area contributed by atoms with Crippen LogP contribution in [0, 0.1) is 11.3 Å². The number of carbonyl (C=O) groups excluding carboxylic acids is 1. The zero-order valence-electron chi connectivity index (χ0n) is 20.1. The zero-order chi connectivity index (χ0) is 25.1. The molecule has 1 aliphatic heterocycles. The largest absolute Gasteiger partial charge is 0.494 e. The molecule has 7 heteroatoms. The highest BCUT2D eigenvalue weighted by Gasteiger charge is 2.20. The molecule has 7 nitrogen and oxygen atoms in total. The number of rotatable bonds is 5. The second-order valence-electron chi connectivity index (χ2n) is 9.07. The minimum atomic E-state index is -0.00270. The first-order valence-electron chi connectivity index (χ1n) is 12.0. The summed E-state index contributed by atoms with van der Waals surface area (Å²) in [6.07, 6.45) is 0.365. The van der Waals surface area contributed by atoms with E-state index >= 15 is 0 Å². The fourth-order valence-corrected chi connectivity index (χ4v) is 4.51. The number of benzene rings is 3. The first-order chi connectivity index (χ1) is 17.5. The third-order valence-electron chi connectivity index (χ3n) is 6.58. The number of carbonyl (C=O) groups is 1. The van der Waals surface area contributed by atoms with Crippen molar-refractivity contribution >= 4 is 28.2 Å². The van der Waals surface area contributed by atoms with E-state index in [9.17, 15) is 15.2 Å². The van der Waals surface area contributed by atoms with Crippen molar-refractivity contribution in [2.24, 2.45) is 4.99 Å². The average molecular weight is 478 g/mol. The smallest absolute Gasteiger partial charge is 0.227 e. The summed E-state index contributed by atoms with van der Waals surface area (Å²) < 4.78 is 0. The molecule has 0 aliphatic carbocycles. The van der Waals surface area contributed by atoms with Gasteiger partial charge in [0.1, 0.15) is 0 Å². The Kier molecular flexibility index (Phi) is 6.52. The molecule has 0 atom stereocenters. The third-order valence-corrected chi connectivity index (χ3v) is 6.58. The highest BCUT2D eigenvalue weighted by molar-refractivity contribution is 6.21. The number of aromatic nitrogens is 1. The summed E-state index contributed by atoms with van der Waals surface area (Å²) in [5, 5.41) is 20.8. The van der Waals surface area contributed by atoms with Gasteiger partial charge in [0, 0.05) is 37.1 Å². The molecule has 5 rings (SSSR count). The Balaban J connectivity index is 1.46. The molecule has 1 aromatic heterocycles. The van der Waals surface area contributed by atoms with E-state index in [4.69, 9.17) is 4.99 Å². The topological polar surface area (TPSA) is 95.7 Å². The van der Waals surface area contributed by atoms with Crippen LogP contribution < -0.4 is 0 Å². The lowest BCUT2D eigenvalue weighted by Gasteiger charge is -2.32. The van der Waals surface area contributed by atoms with Gasteiger partial charge in [0.2, 0.25) is 5.91 Å². The number of piperazine rings is 1. The van der Waals surface area contributed by atoms with Crippen LogP contribution in [0.4, 0.5) is 5.69 Å². The quantitative estimate of drug-likeness (QED) is 0.421. The molecule has 0 spiro atoms. The van der Waals surface area contributed by atoms with E-state index in [1.54, 1.807) is 12.1 Å². The standard InChI is InChI=1S/C29H27N5O2/c1-33-13-15-34(16-14-33)26(35)18-20-7-10-23(11-8-20)31-28(22-5-3-2-4-6-22)27-24-12-9-21(19-30)17-25(24)32-29(27)36/h2-12,17,32,36H,13-16,18H2,1H3. The van der Waals surface area contributed by atoms with E-state index in [-0.39, 0.29) is 11.8 Å². The van der Waals surface area contributed by atoms with Crippen LogP contribution in [0.3, 0.4) is 0 Å². The van der Waals surface area contributed by atoms with E-state index in [2.05, 4.69) is 23.0 Å². The zero-order valence-corrected chi connectivity index (χ0v) is 20.1. The van der Waals surface area contributed by atoms with Crippen LogP contribution in [0.2, 0.25) is 0 Å². The van der Waals surface area contributed by atoms with Gasteiger partial charge >= 0.3 is 0 Å². The van der Waals surface area contributed by atoms with E-state index < -0.39 is 0 Å². The van der Waals surface area contributed by atoms with Gasteiger partial charge in [0.05, 0.1) is 40.5 Å². The molecular weight excluding hydrogens is 450 g/mol. The first-order valence-corrected chi connectivity index (χ1v) is 12.0. The lowest BCUT2D eigenvalue weighted by molar-refractivity contribution is -0.132. The fourth-order valence-electron chi connectivity index (χ4n) is 4.51. The molecule has 180 valence electrons. The van der Waals surface area contributed by atoms with E-state index in [0.717, 1.165) is 42.7 Å². The van der Waals surface area contributed by atoms with Gasteiger partial charge in [-0.3, -0.25) is 4.79 Å². The minimum absolute atomic E-state index is 0.00270. The summed E-state index contributed by atoms with van der Waals surface area (Å²) in [5.74, 6) is 0.141. The lowest BCUT2D eigenvalue weighted by atomic mass is 10.00. The summed E-state index contributed by atoms with van der Waals surface area (Å²) in [6, 6.07) is 24.7. The third kappa shape index (κ3) is 4.85. The van der Waals surface area contributed by atoms with Gasteiger partial charge in [0.25, 0.3) is 0 Å².